The number of nitrogens with zero attached hydrogens (tertiary/aromatic N) is 1. The predicted octanol–water partition coefficient (Wildman–Crippen LogP) is 6.41. The minimum Gasteiger partial charge on any atom is -0.491 e. The third-order valence-electron chi connectivity index (χ3n) is 5.33. The van der Waals surface area contributed by atoms with Gasteiger partial charge in [-0.1, -0.05) is 45.0 Å². The fourth-order valence-electron chi connectivity index (χ4n) is 3.29. The smallest absolute Gasteiger partial charge is 0.293 e. The summed E-state index contributed by atoms with van der Waals surface area (Å²) in [6.07, 6.45) is 2.83. The maximum atomic E-state index is 12.8. The van der Waals surface area contributed by atoms with Gasteiger partial charge >= 0.3 is 0 Å². The molecule has 5 nitrogen and oxygen atoms in total. The SMILES string of the molecule is CCC(C)Oc1ccc(/C=C2\SC(=O)N(CCOc3cc(C)ccc3C(C)C)C2=O)cc1. The summed E-state index contributed by atoms with van der Waals surface area (Å²) in [5.41, 5.74) is 3.08. The zero-order valence-electron chi connectivity index (χ0n) is 19.4. The van der Waals surface area contributed by atoms with E-state index >= 15 is 0 Å². The molecule has 1 aliphatic heterocycles. The minimum atomic E-state index is -0.281. The van der Waals surface area contributed by atoms with Crippen LogP contribution in [-0.2, 0) is 4.79 Å². The first-order chi connectivity index (χ1) is 15.3. The van der Waals surface area contributed by atoms with Gasteiger partial charge in [-0.3, -0.25) is 14.5 Å². The summed E-state index contributed by atoms with van der Waals surface area (Å²) in [6, 6.07) is 13.7. The molecule has 1 aliphatic rings. The van der Waals surface area contributed by atoms with Gasteiger partial charge in [-0.15, -0.1) is 0 Å². The molecule has 0 aromatic heterocycles. The second kappa shape index (κ2) is 10.7. The number of aryl methyl sites for hydroxylation is 1. The number of ether oxygens (including phenoxy) is 2. The van der Waals surface area contributed by atoms with Crippen LogP contribution in [0.15, 0.2) is 47.4 Å². The fraction of sp³-hybridized carbons (Fsp3) is 0.385. The van der Waals surface area contributed by atoms with E-state index in [1.165, 1.54) is 4.90 Å². The Kier molecular flexibility index (Phi) is 8.02. The molecule has 2 amide bonds. The summed E-state index contributed by atoms with van der Waals surface area (Å²) in [5, 5.41) is -0.269. The molecule has 1 saturated heterocycles. The summed E-state index contributed by atoms with van der Waals surface area (Å²) in [5.74, 6) is 1.64. The lowest BCUT2D eigenvalue weighted by atomic mass is 10.0. The number of carbonyl (C=O) groups is 2. The minimum absolute atomic E-state index is 0.149. The lowest BCUT2D eigenvalue weighted by Gasteiger charge is -2.17. The monoisotopic (exact) mass is 453 g/mol. The molecule has 0 radical (unpaired) electrons. The highest BCUT2D eigenvalue weighted by atomic mass is 32.2. The van der Waals surface area contributed by atoms with Gasteiger partial charge in [0, 0.05) is 0 Å². The van der Waals surface area contributed by atoms with E-state index in [0.29, 0.717) is 10.8 Å². The van der Waals surface area contributed by atoms with E-state index in [-0.39, 0.29) is 30.4 Å². The number of amides is 2. The van der Waals surface area contributed by atoms with Crippen LogP contribution in [0.25, 0.3) is 6.08 Å². The van der Waals surface area contributed by atoms with Crippen molar-refractivity contribution in [2.45, 2.75) is 53.1 Å². The molecule has 2 aromatic carbocycles. The number of benzene rings is 2. The molecule has 32 heavy (non-hydrogen) atoms. The number of hydrogen-bond acceptors (Lipinski definition) is 5. The van der Waals surface area contributed by atoms with Gasteiger partial charge in [0.15, 0.2) is 0 Å². The Labute approximate surface area is 194 Å². The molecule has 3 rings (SSSR count). The second-order valence-corrected chi connectivity index (χ2v) is 9.28. The van der Waals surface area contributed by atoms with E-state index in [1.54, 1.807) is 6.08 Å². The summed E-state index contributed by atoms with van der Waals surface area (Å²) < 4.78 is 11.7. The molecular formula is C26H31NO4S. The van der Waals surface area contributed by atoms with Crippen LogP contribution in [0.4, 0.5) is 4.79 Å². The van der Waals surface area contributed by atoms with Crippen molar-refractivity contribution in [1.29, 1.82) is 0 Å². The number of thioether (sulfide) groups is 1. The molecule has 170 valence electrons. The summed E-state index contributed by atoms with van der Waals surface area (Å²) in [4.78, 5) is 26.9. The summed E-state index contributed by atoms with van der Waals surface area (Å²) in [7, 11) is 0. The first-order valence-corrected chi connectivity index (χ1v) is 11.9. The maximum Gasteiger partial charge on any atom is 0.293 e. The molecule has 6 heteroatoms. The average Bonchev–Trinajstić information content (AvgIpc) is 3.02. The van der Waals surface area contributed by atoms with E-state index in [9.17, 15) is 9.59 Å². The van der Waals surface area contributed by atoms with Gasteiger partial charge in [0.2, 0.25) is 0 Å². The molecule has 1 unspecified atom stereocenters. The van der Waals surface area contributed by atoms with Crippen LogP contribution in [0.3, 0.4) is 0 Å². The van der Waals surface area contributed by atoms with E-state index in [4.69, 9.17) is 9.47 Å². The van der Waals surface area contributed by atoms with Gasteiger partial charge < -0.3 is 9.47 Å². The number of rotatable bonds is 9. The van der Waals surface area contributed by atoms with Gasteiger partial charge in [0.05, 0.1) is 17.6 Å². The maximum absolute atomic E-state index is 12.8. The summed E-state index contributed by atoms with van der Waals surface area (Å²) in [6.45, 7) is 10.8. The third-order valence-corrected chi connectivity index (χ3v) is 6.23. The predicted molar refractivity (Wildman–Crippen MR) is 130 cm³/mol. The van der Waals surface area contributed by atoms with Gasteiger partial charge in [-0.05, 0) is 78.9 Å². The molecular weight excluding hydrogens is 422 g/mol. The Morgan fingerprint density at radius 3 is 2.44 bits per heavy atom. The Morgan fingerprint density at radius 2 is 1.78 bits per heavy atom. The normalized spacial score (nSPS) is 16.2. The van der Waals surface area contributed by atoms with Crippen LogP contribution in [0, 0.1) is 6.92 Å². The largest absolute Gasteiger partial charge is 0.491 e. The van der Waals surface area contributed by atoms with Crippen molar-refractivity contribution in [1.82, 2.24) is 4.90 Å². The highest BCUT2D eigenvalue weighted by molar-refractivity contribution is 8.18. The Bertz CT molecular complexity index is 997. The van der Waals surface area contributed by atoms with Crippen LogP contribution in [0.5, 0.6) is 11.5 Å². The first kappa shape index (κ1) is 23.9. The molecule has 0 spiro atoms. The number of hydrogen-bond donors (Lipinski definition) is 0. The molecule has 1 fully saturated rings. The molecule has 0 aliphatic carbocycles. The molecule has 0 N–H and O–H groups in total. The number of carbonyl (C=O) groups excluding carboxylic acids is 2. The van der Waals surface area contributed by atoms with Gasteiger partial charge in [0.1, 0.15) is 18.1 Å². The second-order valence-electron chi connectivity index (χ2n) is 8.28. The van der Waals surface area contributed by atoms with Crippen LogP contribution >= 0.6 is 11.8 Å². The number of imide groups is 1. The van der Waals surface area contributed by atoms with Crippen LogP contribution in [0.2, 0.25) is 0 Å². The Hall–Kier alpha value is -2.73. The fourth-order valence-corrected chi connectivity index (χ4v) is 4.16. The summed E-state index contributed by atoms with van der Waals surface area (Å²) >= 11 is 0.964. The van der Waals surface area contributed by atoms with Crippen LogP contribution in [-0.4, -0.2) is 35.3 Å². The highest BCUT2D eigenvalue weighted by Gasteiger charge is 2.34. The van der Waals surface area contributed by atoms with Gasteiger partial charge in [-0.25, -0.2) is 0 Å². The van der Waals surface area contributed by atoms with Crippen molar-refractivity contribution in [2.24, 2.45) is 0 Å². The lowest BCUT2D eigenvalue weighted by molar-refractivity contribution is -0.123. The topological polar surface area (TPSA) is 55.8 Å². The van der Waals surface area contributed by atoms with Crippen molar-refractivity contribution in [3.05, 3.63) is 64.1 Å². The zero-order chi connectivity index (χ0) is 23.3. The lowest BCUT2D eigenvalue weighted by Crippen LogP contribution is -2.32. The highest BCUT2D eigenvalue weighted by Crippen LogP contribution is 2.33. The van der Waals surface area contributed by atoms with Gasteiger partial charge in [0.25, 0.3) is 11.1 Å². The Balaban J connectivity index is 1.62. The van der Waals surface area contributed by atoms with Crippen molar-refractivity contribution in [2.75, 3.05) is 13.2 Å². The standard InChI is InChI=1S/C26H31NO4S/c1-6-19(5)31-21-10-8-20(9-11-21)16-24-25(28)27(26(29)32-24)13-14-30-23-15-18(4)7-12-22(23)17(2)3/h7-12,15-17,19H,6,13-14H2,1-5H3/b24-16-. The van der Waals surface area contributed by atoms with Gasteiger partial charge in [-0.2, -0.15) is 0 Å². The van der Waals surface area contributed by atoms with E-state index in [2.05, 4.69) is 32.9 Å². The van der Waals surface area contributed by atoms with E-state index < -0.39 is 0 Å². The van der Waals surface area contributed by atoms with Crippen molar-refractivity contribution in [3.63, 3.8) is 0 Å². The molecule has 0 bridgehead atoms. The van der Waals surface area contributed by atoms with E-state index in [0.717, 1.165) is 46.4 Å². The van der Waals surface area contributed by atoms with Crippen LogP contribution in [0.1, 0.15) is 56.7 Å². The van der Waals surface area contributed by atoms with Crippen LogP contribution < -0.4 is 9.47 Å². The third kappa shape index (κ3) is 5.94. The molecule has 0 saturated carbocycles. The zero-order valence-corrected chi connectivity index (χ0v) is 20.2. The van der Waals surface area contributed by atoms with Crippen molar-refractivity contribution < 1.29 is 19.1 Å². The van der Waals surface area contributed by atoms with Crippen molar-refractivity contribution >= 4 is 29.0 Å². The quantitative estimate of drug-likeness (QED) is 0.411. The molecule has 1 atom stereocenters. The average molecular weight is 454 g/mol. The molecule has 2 aromatic rings. The molecule has 1 heterocycles. The first-order valence-electron chi connectivity index (χ1n) is 11.0. The Morgan fingerprint density at radius 1 is 1.06 bits per heavy atom. The van der Waals surface area contributed by atoms with Crippen molar-refractivity contribution in [3.8, 4) is 11.5 Å². The van der Waals surface area contributed by atoms with E-state index in [1.807, 2.05) is 44.2 Å².